The maximum atomic E-state index is 12.5. The van der Waals surface area contributed by atoms with Gasteiger partial charge in [-0.15, -0.1) is 11.3 Å². The highest BCUT2D eigenvalue weighted by Gasteiger charge is 2.45. The van der Waals surface area contributed by atoms with Gasteiger partial charge in [0.05, 0.1) is 22.3 Å². The summed E-state index contributed by atoms with van der Waals surface area (Å²) in [6, 6.07) is 15.1. The minimum absolute atomic E-state index is 0.166. The zero-order chi connectivity index (χ0) is 16.6. The number of carbonyl (C=O) groups is 1. The average Bonchev–Trinajstić information content (AvgIpc) is 3.38. The molecule has 5 heteroatoms. The highest BCUT2D eigenvalue weighted by molar-refractivity contribution is 7.16. The Morgan fingerprint density at radius 2 is 2.04 bits per heavy atom. The summed E-state index contributed by atoms with van der Waals surface area (Å²) < 4.78 is 0.989. The monoisotopic (exact) mass is 338 g/mol. The van der Waals surface area contributed by atoms with E-state index >= 15 is 0 Å². The number of hydrogen-bond acceptors (Lipinski definition) is 4. The molecule has 0 bridgehead atoms. The van der Waals surface area contributed by atoms with E-state index in [1.165, 1.54) is 11.3 Å². The maximum absolute atomic E-state index is 12.5. The van der Waals surface area contributed by atoms with Gasteiger partial charge in [-0.05, 0) is 42.5 Å². The number of thiazole rings is 1. The van der Waals surface area contributed by atoms with Gasteiger partial charge in [0.1, 0.15) is 5.60 Å². The molecule has 1 unspecified atom stereocenters. The maximum Gasteiger partial charge on any atom is 0.251 e. The highest BCUT2D eigenvalue weighted by atomic mass is 32.1. The molecular formula is C19H18N2O2S. The predicted octanol–water partition coefficient (Wildman–Crippen LogP) is 3.32. The molecule has 1 aliphatic rings. The summed E-state index contributed by atoms with van der Waals surface area (Å²) in [5.74, 6) is 0.0458. The fourth-order valence-electron chi connectivity index (χ4n) is 3.08. The first-order valence-electron chi connectivity index (χ1n) is 8.06. The average molecular weight is 338 g/mol. The smallest absolute Gasteiger partial charge is 0.251 e. The molecule has 1 amide bonds. The third kappa shape index (κ3) is 2.81. The standard InChI is InChI=1S/C19H18N2O2S/c22-18(13-6-9-16-17(10-13)24-12-21-16)20-11-19(23,15-7-8-15)14-4-2-1-3-5-14/h1-6,9-10,12,15,23H,7-8,11H2,(H,20,22). The molecule has 2 N–H and O–H groups in total. The summed E-state index contributed by atoms with van der Waals surface area (Å²) in [6.07, 6.45) is 1.99. The van der Waals surface area contributed by atoms with E-state index in [4.69, 9.17) is 0 Å². The molecule has 1 heterocycles. The molecule has 122 valence electrons. The van der Waals surface area contributed by atoms with E-state index in [-0.39, 0.29) is 18.4 Å². The van der Waals surface area contributed by atoms with E-state index in [2.05, 4.69) is 10.3 Å². The molecular weight excluding hydrogens is 320 g/mol. The number of carbonyl (C=O) groups excluding carboxylic acids is 1. The summed E-state index contributed by atoms with van der Waals surface area (Å²) in [6.45, 7) is 0.223. The number of amides is 1. The van der Waals surface area contributed by atoms with Crippen molar-refractivity contribution in [1.82, 2.24) is 10.3 Å². The van der Waals surface area contributed by atoms with Crippen LogP contribution in [0.1, 0.15) is 28.8 Å². The molecule has 1 fully saturated rings. The lowest BCUT2D eigenvalue weighted by Gasteiger charge is -2.29. The summed E-state index contributed by atoms with van der Waals surface area (Å²) >= 11 is 1.51. The molecule has 1 aromatic heterocycles. The van der Waals surface area contributed by atoms with Gasteiger partial charge in [0, 0.05) is 5.56 Å². The molecule has 1 atom stereocenters. The third-order valence-corrected chi connectivity index (χ3v) is 5.43. The Kier molecular flexibility index (Phi) is 3.82. The lowest BCUT2D eigenvalue weighted by molar-refractivity contribution is 0.0135. The number of nitrogens with one attached hydrogen (secondary N) is 1. The molecule has 1 saturated carbocycles. The minimum Gasteiger partial charge on any atom is -0.383 e. The Hall–Kier alpha value is -2.24. The van der Waals surface area contributed by atoms with Gasteiger partial charge in [0.2, 0.25) is 0 Å². The summed E-state index contributed by atoms with van der Waals surface area (Å²) in [7, 11) is 0. The van der Waals surface area contributed by atoms with Crippen molar-refractivity contribution in [3.05, 3.63) is 65.2 Å². The van der Waals surface area contributed by atoms with Crippen LogP contribution in [-0.4, -0.2) is 22.5 Å². The second-order valence-corrected chi connectivity index (χ2v) is 7.17. The molecule has 2 aromatic carbocycles. The van der Waals surface area contributed by atoms with Gasteiger partial charge >= 0.3 is 0 Å². The van der Waals surface area contributed by atoms with Crippen LogP contribution in [0.4, 0.5) is 0 Å². The second kappa shape index (κ2) is 6.00. The molecule has 0 saturated heterocycles. The zero-order valence-corrected chi connectivity index (χ0v) is 13.9. The fraction of sp³-hybridized carbons (Fsp3) is 0.263. The van der Waals surface area contributed by atoms with Gasteiger partial charge in [-0.1, -0.05) is 30.3 Å². The summed E-state index contributed by atoms with van der Waals surface area (Å²) in [5.41, 5.74) is 3.14. The van der Waals surface area contributed by atoms with Gasteiger partial charge < -0.3 is 10.4 Å². The lowest BCUT2D eigenvalue weighted by Crippen LogP contribution is -2.42. The van der Waals surface area contributed by atoms with E-state index < -0.39 is 5.60 Å². The number of rotatable bonds is 5. The molecule has 0 radical (unpaired) electrons. The van der Waals surface area contributed by atoms with Gasteiger partial charge in [0.15, 0.2) is 0 Å². The van der Waals surface area contributed by atoms with Crippen molar-refractivity contribution in [3.63, 3.8) is 0 Å². The van der Waals surface area contributed by atoms with Crippen LogP contribution in [0.15, 0.2) is 54.0 Å². The van der Waals surface area contributed by atoms with Crippen molar-refractivity contribution < 1.29 is 9.90 Å². The van der Waals surface area contributed by atoms with Gasteiger partial charge in [-0.2, -0.15) is 0 Å². The highest BCUT2D eigenvalue weighted by Crippen LogP contribution is 2.45. The topological polar surface area (TPSA) is 62.2 Å². The van der Waals surface area contributed by atoms with E-state index in [0.29, 0.717) is 5.56 Å². The van der Waals surface area contributed by atoms with Crippen molar-refractivity contribution in [2.75, 3.05) is 6.54 Å². The number of benzene rings is 2. The molecule has 3 aromatic rings. The van der Waals surface area contributed by atoms with Crippen LogP contribution in [0.5, 0.6) is 0 Å². The first-order chi connectivity index (χ1) is 11.7. The van der Waals surface area contributed by atoms with Gasteiger partial charge in [-0.3, -0.25) is 4.79 Å². The van der Waals surface area contributed by atoms with Gasteiger partial charge in [-0.25, -0.2) is 4.98 Å². The largest absolute Gasteiger partial charge is 0.383 e. The van der Waals surface area contributed by atoms with Crippen molar-refractivity contribution >= 4 is 27.5 Å². The van der Waals surface area contributed by atoms with Gasteiger partial charge in [0.25, 0.3) is 5.91 Å². The Morgan fingerprint density at radius 3 is 2.79 bits per heavy atom. The Balaban J connectivity index is 1.52. The number of aliphatic hydroxyl groups is 1. The van der Waals surface area contributed by atoms with E-state index in [9.17, 15) is 9.90 Å². The quantitative estimate of drug-likeness (QED) is 0.750. The molecule has 4 nitrogen and oxygen atoms in total. The number of nitrogens with zero attached hydrogens (tertiary/aromatic N) is 1. The first-order valence-corrected chi connectivity index (χ1v) is 8.94. The van der Waals surface area contributed by atoms with E-state index in [1.54, 1.807) is 11.6 Å². The number of fused-ring (bicyclic) bond motifs is 1. The normalized spacial score (nSPS) is 16.7. The predicted molar refractivity (Wildman–Crippen MR) is 95.0 cm³/mol. The van der Waals surface area contributed by atoms with Crippen LogP contribution in [0.2, 0.25) is 0 Å². The van der Waals surface area contributed by atoms with Crippen LogP contribution >= 0.6 is 11.3 Å². The van der Waals surface area contributed by atoms with Crippen LogP contribution in [0.25, 0.3) is 10.2 Å². The molecule has 4 rings (SSSR count). The van der Waals surface area contributed by atoms with Crippen LogP contribution in [0.3, 0.4) is 0 Å². The lowest BCUT2D eigenvalue weighted by atomic mass is 9.88. The molecule has 1 aliphatic carbocycles. The zero-order valence-electron chi connectivity index (χ0n) is 13.1. The molecule has 0 aliphatic heterocycles. The number of aromatic nitrogens is 1. The van der Waals surface area contributed by atoms with Crippen molar-refractivity contribution in [3.8, 4) is 0 Å². The summed E-state index contributed by atoms with van der Waals surface area (Å²) in [5, 5.41) is 14.0. The second-order valence-electron chi connectivity index (χ2n) is 6.28. The van der Waals surface area contributed by atoms with E-state index in [1.807, 2.05) is 42.5 Å². The molecule has 0 spiro atoms. The van der Waals surface area contributed by atoms with Crippen LogP contribution in [0, 0.1) is 5.92 Å². The Bertz CT molecular complexity index is 873. The number of hydrogen-bond donors (Lipinski definition) is 2. The SMILES string of the molecule is O=C(NCC(O)(c1ccccc1)C1CC1)c1ccc2ncsc2c1. The molecule has 24 heavy (non-hydrogen) atoms. The summed E-state index contributed by atoms with van der Waals surface area (Å²) in [4.78, 5) is 16.7. The Labute approximate surface area is 144 Å². The van der Waals surface area contributed by atoms with Crippen molar-refractivity contribution in [2.45, 2.75) is 18.4 Å². The Morgan fingerprint density at radius 1 is 1.25 bits per heavy atom. The fourth-order valence-corrected chi connectivity index (χ4v) is 3.80. The first kappa shape index (κ1) is 15.3. The van der Waals surface area contributed by atoms with Crippen LogP contribution < -0.4 is 5.32 Å². The van der Waals surface area contributed by atoms with Crippen LogP contribution in [-0.2, 0) is 5.60 Å². The van der Waals surface area contributed by atoms with E-state index in [0.717, 1.165) is 28.6 Å². The minimum atomic E-state index is -0.995. The third-order valence-electron chi connectivity index (χ3n) is 4.64. The van der Waals surface area contributed by atoms with Crippen molar-refractivity contribution in [2.24, 2.45) is 5.92 Å². The van der Waals surface area contributed by atoms with Crippen molar-refractivity contribution in [1.29, 1.82) is 0 Å².